The number of rotatable bonds is 3. The van der Waals surface area contributed by atoms with E-state index in [1.807, 2.05) is 25.0 Å². The lowest BCUT2D eigenvalue weighted by atomic mass is 10.2. The molecule has 0 aromatic carbocycles. The standard InChI is InChI=1S/C10H12BrN3S/c1-12-9(8-4-3-5-15-8)10-7(11)6-13-14(10)2/h3-6,9,12H,1-2H3. The van der Waals surface area contributed by atoms with Crippen LogP contribution in [0.3, 0.4) is 0 Å². The summed E-state index contributed by atoms with van der Waals surface area (Å²) >= 11 is 5.27. The minimum absolute atomic E-state index is 0.201. The van der Waals surface area contributed by atoms with E-state index in [1.54, 1.807) is 11.3 Å². The normalized spacial score (nSPS) is 13.0. The summed E-state index contributed by atoms with van der Waals surface area (Å²) in [5.74, 6) is 0. The molecule has 3 nitrogen and oxygen atoms in total. The highest BCUT2D eigenvalue weighted by Gasteiger charge is 2.19. The minimum Gasteiger partial charge on any atom is -0.307 e. The first-order chi connectivity index (χ1) is 7.24. The second-order valence-corrected chi connectivity index (χ2v) is 5.07. The second kappa shape index (κ2) is 4.47. The molecule has 0 saturated carbocycles. The number of aryl methyl sites for hydroxylation is 1. The number of hydrogen-bond donors (Lipinski definition) is 1. The molecule has 0 aliphatic carbocycles. The third kappa shape index (κ3) is 2.00. The molecule has 2 heterocycles. The van der Waals surface area contributed by atoms with Crippen molar-refractivity contribution in [3.05, 3.63) is 38.8 Å². The van der Waals surface area contributed by atoms with Gasteiger partial charge in [-0.05, 0) is 34.4 Å². The van der Waals surface area contributed by atoms with Crippen LogP contribution in [-0.2, 0) is 7.05 Å². The molecule has 0 radical (unpaired) electrons. The van der Waals surface area contributed by atoms with Crippen LogP contribution in [0.25, 0.3) is 0 Å². The van der Waals surface area contributed by atoms with E-state index in [-0.39, 0.29) is 6.04 Å². The lowest BCUT2D eigenvalue weighted by Crippen LogP contribution is -2.20. The molecule has 1 atom stereocenters. The Bertz CT molecular complexity index is 416. The average molecular weight is 286 g/mol. The summed E-state index contributed by atoms with van der Waals surface area (Å²) in [7, 11) is 3.92. The third-order valence-corrected chi connectivity index (χ3v) is 3.88. The largest absolute Gasteiger partial charge is 0.307 e. The first kappa shape index (κ1) is 10.9. The summed E-state index contributed by atoms with van der Waals surface area (Å²) in [5, 5.41) is 9.62. The van der Waals surface area contributed by atoms with Crippen molar-refractivity contribution < 1.29 is 0 Å². The molecule has 2 rings (SSSR count). The van der Waals surface area contributed by atoms with Crippen LogP contribution in [0.4, 0.5) is 0 Å². The van der Waals surface area contributed by atoms with E-state index in [2.05, 4.69) is 43.9 Å². The maximum absolute atomic E-state index is 4.23. The van der Waals surface area contributed by atoms with Gasteiger partial charge in [0, 0.05) is 11.9 Å². The summed E-state index contributed by atoms with van der Waals surface area (Å²) in [5.41, 5.74) is 1.15. The lowest BCUT2D eigenvalue weighted by Gasteiger charge is -2.15. The van der Waals surface area contributed by atoms with E-state index in [1.165, 1.54) is 4.88 Å². The van der Waals surface area contributed by atoms with Crippen molar-refractivity contribution in [1.29, 1.82) is 0 Å². The molecule has 0 aliphatic rings. The smallest absolute Gasteiger partial charge is 0.0850 e. The van der Waals surface area contributed by atoms with Crippen LogP contribution in [0, 0.1) is 0 Å². The molecule has 1 N–H and O–H groups in total. The topological polar surface area (TPSA) is 29.9 Å². The Labute approximate surface area is 101 Å². The molecule has 0 aliphatic heterocycles. The molecular weight excluding hydrogens is 274 g/mol. The van der Waals surface area contributed by atoms with Crippen LogP contribution < -0.4 is 5.32 Å². The zero-order chi connectivity index (χ0) is 10.8. The number of aromatic nitrogens is 2. The van der Waals surface area contributed by atoms with Gasteiger partial charge in [0.15, 0.2) is 0 Å². The van der Waals surface area contributed by atoms with Crippen LogP contribution in [0.15, 0.2) is 28.2 Å². The van der Waals surface area contributed by atoms with Gasteiger partial charge in [0.2, 0.25) is 0 Å². The Hall–Kier alpha value is -0.650. The molecule has 0 amide bonds. The van der Waals surface area contributed by atoms with Crippen molar-refractivity contribution in [3.63, 3.8) is 0 Å². The predicted octanol–water partition coefficient (Wildman–Crippen LogP) is 2.55. The van der Waals surface area contributed by atoms with Crippen LogP contribution in [0.5, 0.6) is 0 Å². The zero-order valence-corrected chi connectivity index (χ0v) is 11.0. The van der Waals surface area contributed by atoms with Crippen molar-refractivity contribution in [3.8, 4) is 0 Å². The van der Waals surface area contributed by atoms with E-state index in [0.29, 0.717) is 0 Å². The molecule has 0 saturated heterocycles. The molecule has 2 aromatic rings. The number of halogens is 1. The quantitative estimate of drug-likeness (QED) is 0.939. The van der Waals surface area contributed by atoms with E-state index in [9.17, 15) is 0 Å². The molecule has 15 heavy (non-hydrogen) atoms. The van der Waals surface area contributed by atoms with Gasteiger partial charge in [0.1, 0.15) is 0 Å². The van der Waals surface area contributed by atoms with Gasteiger partial charge >= 0.3 is 0 Å². The van der Waals surface area contributed by atoms with E-state index >= 15 is 0 Å². The Morgan fingerprint density at radius 3 is 2.87 bits per heavy atom. The van der Waals surface area contributed by atoms with Crippen LogP contribution in [0.1, 0.15) is 16.6 Å². The van der Waals surface area contributed by atoms with E-state index in [4.69, 9.17) is 0 Å². The fraction of sp³-hybridized carbons (Fsp3) is 0.300. The highest BCUT2D eigenvalue weighted by Crippen LogP contribution is 2.30. The summed E-state index contributed by atoms with van der Waals surface area (Å²) in [4.78, 5) is 1.29. The number of thiophene rings is 1. The Morgan fingerprint density at radius 1 is 1.60 bits per heavy atom. The first-order valence-corrected chi connectivity index (χ1v) is 6.29. The molecule has 1 unspecified atom stereocenters. The van der Waals surface area contributed by atoms with Gasteiger partial charge in [0.25, 0.3) is 0 Å². The van der Waals surface area contributed by atoms with E-state index in [0.717, 1.165) is 10.2 Å². The minimum atomic E-state index is 0.201. The number of nitrogens with one attached hydrogen (secondary N) is 1. The monoisotopic (exact) mass is 285 g/mol. The molecule has 0 spiro atoms. The van der Waals surface area contributed by atoms with Crippen molar-refractivity contribution in [2.45, 2.75) is 6.04 Å². The maximum atomic E-state index is 4.23. The fourth-order valence-corrected chi connectivity index (χ4v) is 3.03. The molecule has 80 valence electrons. The predicted molar refractivity (Wildman–Crippen MR) is 66.1 cm³/mol. The molecule has 0 fully saturated rings. The van der Waals surface area contributed by atoms with Crippen LogP contribution in [-0.4, -0.2) is 16.8 Å². The van der Waals surface area contributed by atoms with Crippen molar-refractivity contribution in [2.75, 3.05) is 7.05 Å². The van der Waals surface area contributed by atoms with Gasteiger partial charge in [-0.3, -0.25) is 4.68 Å². The molecule has 0 bridgehead atoms. The third-order valence-electron chi connectivity index (χ3n) is 2.33. The van der Waals surface area contributed by atoms with Gasteiger partial charge < -0.3 is 5.32 Å². The second-order valence-electron chi connectivity index (χ2n) is 3.24. The van der Waals surface area contributed by atoms with Gasteiger partial charge in [-0.25, -0.2) is 0 Å². The first-order valence-electron chi connectivity index (χ1n) is 4.62. The summed E-state index contributed by atoms with van der Waals surface area (Å²) in [6, 6.07) is 4.40. The Morgan fingerprint density at radius 2 is 2.40 bits per heavy atom. The summed E-state index contributed by atoms with van der Waals surface area (Å²) in [6.07, 6.45) is 1.83. The fourth-order valence-electron chi connectivity index (χ4n) is 1.61. The van der Waals surface area contributed by atoms with Gasteiger partial charge in [0.05, 0.1) is 22.4 Å². The average Bonchev–Trinajstić information content (AvgIpc) is 2.83. The summed E-state index contributed by atoms with van der Waals surface area (Å²) in [6.45, 7) is 0. The van der Waals surface area contributed by atoms with Crippen molar-refractivity contribution in [1.82, 2.24) is 15.1 Å². The van der Waals surface area contributed by atoms with Gasteiger partial charge in [-0.15, -0.1) is 11.3 Å². The Kier molecular flexibility index (Phi) is 3.23. The molecule has 2 aromatic heterocycles. The molecular formula is C10H12BrN3S. The maximum Gasteiger partial charge on any atom is 0.0850 e. The summed E-state index contributed by atoms with van der Waals surface area (Å²) < 4.78 is 2.93. The van der Waals surface area contributed by atoms with Gasteiger partial charge in [-0.1, -0.05) is 6.07 Å². The zero-order valence-electron chi connectivity index (χ0n) is 8.57. The van der Waals surface area contributed by atoms with Crippen molar-refractivity contribution >= 4 is 27.3 Å². The SMILES string of the molecule is CNC(c1cccs1)c1c(Br)cnn1C. The number of nitrogens with zero attached hydrogens (tertiary/aromatic N) is 2. The van der Waals surface area contributed by atoms with Crippen LogP contribution >= 0.6 is 27.3 Å². The molecule has 5 heteroatoms. The van der Waals surface area contributed by atoms with Crippen molar-refractivity contribution in [2.24, 2.45) is 7.05 Å². The lowest BCUT2D eigenvalue weighted by molar-refractivity contribution is 0.611. The Balaban J connectivity index is 2.44. The highest BCUT2D eigenvalue weighted by molar-refractivity contribution is 9.10. The highest BCUT2D eigenvalue weighted by atomic mass is 79.9. The van der Waals surface area contributed by atoms with Gasteiger partial charge in [-0.2, -0.15) is 5.10 Å². The van der Waals surface area contributed by atoms with E-state index < -0.39 is 0 Å². The number of hydrogen-bond acceptors (Lipinski definition) is 3. The van der Waals surface area contributed by atoms with Crippen LogP contribution in [0.2, 0.25) is 0 Å².